The number of benzene rings is 2. The second kappa shape index (κ2) is 7.66. The van der Waals surface area contributed by atoms with Gasteiger partial charge in [0.2, 0.25) is 0 Å². The molecule has 1 unspecified atom stereocenters. The first kappa shape index (κ1) is 18.7. The molecule has 1 heterocycles. The Labute approximate surface area is 159 Å². The normalized spacial score (nSPS) is 18.6. The van der Waals surface area contributed by atoms with Crippen molar-refractivity contribution >= 4 is 17.3 Å². The van der Waals surface area contributed by atoms with E-state index in [1.807, 2.05) is 57.2 Å². The first-order valence-corrected chi connectivity index (χ1v) is 8.98. The van der Waals surface area contributed by atoms with Crippen LogP contribution in [0.25, 0.3) is 0 Å². The van der Waals surface area contributed by atoms with Gasteiger partial charge in [-0.15, -0.1) is 0 Å². The van der Waals surface area contributed by atoms with Crippen molar-refractivity contribution in [2.45, 2.75) is 32.4 Å². The number of amides is 1. The number of para-hydroxylation sites is 1. The second-order valence-electron chi connectivity index (χ2n) is 7.04. The lowest BCUT2D eigenvalue weighted by atomic mass is 9.96. The molecule has 3 rings (SSSR count). The Kier molecular flexibility index (Phi) is 5.31. The summed E-state index contributed by atoms with van der Waals surface area (Å²) in [6.45, 7) is 5.76. The van der Waals surface area contributed by atoms with Crippen molar-refractivity contribution in [1.82, 2.24) is 5.32 Å². The van der Waals surface area contributed by atoms with Gasteiger partial charge >= 0.3 is 0 Å². The number of allylic oxidation sites excluding steroid dienone is 2. The fourth-order valence-electron chi connectivity index (χ4n) is 3.09. The minimum absolute atomic E-state index is 0.109. The van der Waals surface area contributed by atoms with E-state index < -0.39 is 5.66 Å². The Morgan fingerprint density at radius 3 is 2.52 bits per heavy atom. The van der Waals surface area contributed by atoms with Crippen LogP contribution in [0.3, 0.4) is 0 Å². The largest absolute Gasteiger partial charge is 0.365 e. The molecule has 0 spiro atoms. The predicted molar refractivity (Wildman–Crippen MR) is 108 cm³/mol. The van der Waals surface area contributed by atoms with Gasteiger partial charge in [0, 0.05) is 11.4 Å². The third-order valence-corrected chi connectivity index (χ3v) is 4.56. The van der Waals surface area contributed by atoms with Crippen molar-refractivity contribution < 1.29 is 9.18 Å². The van der Waals surface area contributed by atoms with E-state index in [4.69, 9.17) is 0 Å². The lowest BCUT2D eigenvalue weighted by molar-refractivity contribution is -0.113. The van der Waals surface area contributed by atoms with Crippen LogP contribution in [0, 0.1) is 5.82 Å². The van der Waals surface area contributed by atoms with Crippen LogP contribution in [0.2, 0.25) is 0 Å². The lowest BCUT2D eigenvalue weighted by Crippen LogP contribution is -2.52. The van der Waals surface area contributed by atoms with Gasteiger partial charge in [-0.05, 0) is 61.0 Å². The summed E-state index contributed by atoms with van der Waals surface area (Å²) >= 11 is 0. The monoisotopic (exact) mass is 365 g/mol. The highest BCUT2D eigenvalue weighted by Crippen LogP contribution is 2.27. The second-order valence-corrected chi connectivity index (χ2v) is 7.04. The van der Waals surface area contributed by atoms with E-state index in [1.54, 1.807) is 24.4 Å². The van der Waals surface area contributed by atoms with E-state index >= 15 is 0 Å². The Hall–Kier alpha value is -3.08. The summed E-state index contributed by atoms with van der Waals surface area (Å²) in [6, 6.07) is 14.3. The molecule has 0 bridgehead atoms. The molecule has 0 radical (unpaired) electrons. The van der Waals surface area contributed by atoms with Crippen molar-refractivity contribution in [3.05, 3.63) is 83.8 Å². The van der Waals surface area contributed by atoms with Crippen LogP contribution in [0.1, 0.15) is 32.3 Å². The maximum atomic E-state index is 14.4. The van der Waals surface area contributed by atoms with Crippen LogP contribution in [0.4, 0.5) is 15.8 Å². The van der Waals surface area contributed by atoms with Gasteiger partial charge in [-0.3, -0.25) is 4.79 Å². The highest BCUT2D eigenvalue weighted by molar-refractivity contribution is 6.06. The Balaban J connectivity index is 1.82. The van der Waals surface area contributed by atoms with E-state index in [0.29, 0.717) is 22.5 Å². The maximum absolute atomic E-state index is 14.4. The standard InChI is InChI=1S/C22H24FN3O/c1-15(2)18-12-11-17(14-20(18)23)26-22(3)19(10-7-13-24-22)21(27)25-16-8-5-4-6-9-16/h4-15,24,26H,1-3H3,(H,25,27). The summed E-state index contributed by atoms with van der Waals surface area (Å²) < 4.78 is 14.4. The lowest BCUT2D eigenvalue weighted by Gasteiger charge is -2.36. The molecular weight excluding hydrogens is 341 g/mol. The number of rotatable bonds is 5. The summed E-state index contributed by atoms with van der Waals surface area (Å²) in [5.41, 5.74) is 1.61. The van der Waals surface area contributed by atoms with Crippen LogP contribution in [0.15, 0.2) is 72.5 Å². The minimum Gasteiger partial charge on any atom is -0.365 e. The Morgan fingerprint density at radius 2 is 1.85 bits per heavy atom. The first-order valence-electron chi connectivity index (χ1n) is 8.98. The SMILES string of the molecule is CC(C)c1ccc(NC2(C)NC=CC=C2C(=O)Nc2ccccc2)cc1F. The number of nitrogens with one attached hydrogen (secondary N) is 3. The molecular formula is C22H24FN3O. The third-order valence-electron chi connectivity index (χ3n) is 4.56. The summed E-state index contributed by atoms with van der Waals surface area (Å²) in [5, 5.41) is 9.32. The summed E-state index contributed by atoms with van der Waals surface area (Å²) in [6.07, 6.45) is 5.28. The molecule has 0 aliphatic carbocycles. The zero-order chi connectivity index (χ0) is 19.4. The molecule has 2 aromatic rings. The number of hydrogen-bond donors (Lipinski definition) is 3. The Bertz CT molecular complexity index is 890. The molecule has 2 aromatic carbocycles. The maximum Gasteiger partial charge on any atom is 0.255 e. The van der Waals surface area contributed by atoms with Crippen molar-refractivity contribution in [2.75, 3.05) is 10.6 Å². The number of dihydropyridines is 1. The molecule has 27 heavy (non-hydrogen) atoms. The van der Waals surface area contributed by atoms with E-state index in [9.17, 15) is 9.18 Å². The molecule has 1 atom stereocenters. The molecule has 5 heteroatoms. The number of carbonyl (C=O) groups excluding carboxylic acids is 1. The number of halogens is 1. The van der Waals surface area contributed by atoms with Gasteiger partial charge in [0.05, 0.1) is 5.57 Å². The Morgan fingerprint density at radius 1 is 1.11 bits per heavy atom. The number of carbonyl (C=O) groups is 1. The van der Waals surface area contributed by atoms with Gasteiger partial charge in [-0.1, -0.05) is 38.1 Å². The third kappa shape index (κ3) is 4.19. The topological polar surface area (TPSA) is 53.2 Å². The van der Waals surface area contributed by atoms with Gasteiger partial charge < -0.3 is 16.0 Å². The van der Waals surface area contributed by atoms with Gasteiger partial charge in [0.25, 0.3) is 5.91 Å². The molecule has 0 fully saturated rings. The van der Waals surface area contributed by atoms with Crippen LogP contribution in [-0.4, -0.2) is 11.6 Å². The average molecular weight is 365 g/mol. The molecule has 0 saturated carbocycles. The highest BCUT2D eigenvalue weighted by Gasteiger charge is 2.34. The van der Waals surface area contributed by atoms with Gasteiger partial charge in [-0.2, -0.15) is 0 Å². The molecule has 1 aliphatic rings. The van der Waals surface area contributed by atoms with Gasteiger partial charge in [-0.25, -0.2) is 4.39 Å². The number of anilines is 2. The van der Waals surface area contributed by atoms with Crippen LogP contribution < -0.4 is 16.0 Å². The molecule has 140 valence electrons. The predicted octanol–water partition coefficient (Wildman–Crippen LogP) is 4.76. The molecule has 4 nitrogen and oxygen atoms in total. The van der Waals surface area contributed by atoms with Crippen LogP contribution >= 0.6 is 0 Å². The van der Waals surface area contributed by atoms with E-state index in [0.717, 1.165) is 0 Å². The van der Waals surface area contributed by atoms with Crippen LogP contribution in [-0.2, 0) is 4.79 Å². The van der Waals surface area contributed by atoms with Gasteiger partial charge in [0.1, 0.15) is 11.5 Å². The summed E-state index contributed by atoms with van der Waals surface area (Å²) in [4.78, 5) is 12.8. The molecule has 3 N–H and O–H groups in total. The van der Waals surface area contributed by atoms with E-state index in [2.05, 4.69) is 16.0 Å². The zero-order valence-corrected chi connectivity index (χ0v) is 15.7. The van der Waals surface area contributed by atoms with Gasteiger partial charge in [0.15, 0.2) is 0 Å². The highest BCUT2D eigenvalue weighted by atomic mass is 19.1. The van der Waals surface area contributed by atoms with E-state index in [-0.39, 0.29) is 17.6 Å². The zero-order valence-electron chi connectivity index (χ0n) is 15.7. The van der Waals surface area contributed by atoms with E-state index in [1.165, 1.54) is 6.07 Å². The summed E-state index contributed by atoms with van der Waals surface area (Å²) in [7, 11) is 0. The fraction of sp³-hybridized carbons (Fsp3) is 0.227. The molecule has 0 saturated heterocycles. The average Bonchev–Trinajstić information content (AvgIpc) is 2.62. The molecule has 0 aromatic heterocycles. The molecule has 1 amide bonds. The smallest absolute Gasteiger partial charge is 0.255 e. The fourth-order valence-corrected chi connectivity index (χ4v) is 3.09. The quantitative estimate of drug-likeness (QED) is 0.716. The first-order chi connectivity index (χ1) is 12.9. The van der Waals surface area contributed by atoms with Crippen molar-refractivity contribution in [1.29, 1.82) is 0 Å². The minimum atomic E-state index is -0.876. The van der Waals surface area contributed by atoms with Crippen molar-refractivity contribution in [3.63, 3.8) is 0 Å². The van der Waals surface area contributed by atoms with Crippen LogP contribution in [0.5, 0.6) is 0 Å². The molecule has 1 aliphatic heterocycles. The van der Waals surface area contributed by atoms with Crippen molar-refractivity contribution in [2.24, 2.45) is 0 Å². The summed E-state index contributed by atoms with van der Waals surface area (Å²) in [5.74, 6) is -0.381. The number of hydrogen-bond acceptors (Lipinski definition) is 3. The van der Waals surface area contributed by atoms with Crippen molar-refractivity contribution in [3.8, 4) is 0 Å².